The van der Waals surface area contributed by atoms with Crippen LogP contribution in [-0.2, 0) is 4.79 Å². The molecule has 3 N–H and O–H groups in total. The fraction of sp³-hybridized carbons (Fsp3) is 0.833. The van der Waals surface area contributed by atoms with Crippen LogP contribution in [0.15, 0.2) is 0 Å². The molecule has 1 aliphatic rings. The van der Waals surface area contributed by atoms with E-state index in [1.54, 1.807) is 0 Å². The minimum atomic E-state index is -0.375. The van der Waals surface area contributed by atoms with Gasteiger partial charge in [0, 0.05) is 0 Å². The minimum Gasteiger partial charge on any atom is -0.301 e. The van der Waals surface area contributed by atoms with Gasteiger partial charge in [-0.3, -0.25) is 5.84 Å². The van der Waals surface area contributed by atoms with Crippen molar-refractivity contribution in [2.24, 2.45) is 5.84 Å². The summed E-state index contributed by atoms with van der Waals surface area (Å²) in [6, 6.07) is 0. The van der Waals surface area contributed by atoms with Crippen LogP contribution in [0.3, 0.4) is 0 Å². The summed E-state index contributed by atoms with van der Waals surface area (Å²) < 4.78 is 0. The summed E-state index contributed by atoms with van der Waals surface area (Å²) >= 11 is 0. The third kappa shape index (κ3) is 1.11. The zero-order valence-electron chi connectivity index (χ0n) is 5.39. The molecule has 0 unspecified atom stereocenters. The molecule has 3 nitrogen and oxygen atoms in total. The maximum absolute atomic E-state index is 10.4. The van der Waals surface area contributed by atoms with Gasteiger partial charge in [0.25, 0.3) is 0 Å². The predicted octanol–water partition coefficient (Wildman–Crippen LogP) is -0.0386. The Bertz CT molecular complexity index is 108. The van der Waals surface area contributed by atoms with Crippen molar-refractivity contribution >= 4 is 6.29 Å². The molecular weight excluding hydrogens is 116 g/mol. The molecule has 3 heteroatoms. The molecule has 1 saturated carbocycles. The monoisotopic (exact) mass is 128 g/mol. The average molecular weight is 128 g/mol. The first-order chi connectivity index (χ1) is 4.33. The summed E-state index contributed by atoms with van der Waals surface area (Å²) in [6.45, 7) is 0. The molecule has 0 radical (unpaired) electrons. The Balaban J connectivity index is 2.55. The van der Waals surface area contributed by atoms with Gasteiger partial charge in [-0.2, -0.15) is 0 Å². The highest BCUT2D eigenvalue weighted by atomic mass is 16.1. The molecule has 0 aliphatic heterocycles. The van der Waals surface area contributed by atoms with Crippen molar-refractivity contribution in [3.05, 3.63) is 0 Å². The molecule has 0 heterocycles. The zero-order chi connectivity index (χ0) is 6.74. The van der Waals surface area contributed by atoms with Gasteiger partial charge in [0.05, 0.1) is 5.54 Å². The minimum absolute atomic E-state index is 0.375. The van der Waals surface area contributed by atoms with Crippen LogP contribution in [0.4, 0.5) is 0 Å². The Morgan fingerprint density at radius 3 is 2.22 bits per heavy atom. The molecule has 0 spiro atoms. The van der Waals surface area contributed by atoms with Crippen LogP contribution < -0.4 is 11.3 Å². The molecule has 52 valence electrons. The molecule has 0 saturated heterocycles. The van der Waals surface area contributed by atoms with E-state index in [-0.39, 0.29) is 5.54 Å². The van der Waals surface area contributed by atoms with Crippen molar-refractivity contribution in [3.63, 3.8) is 0 Å². The number of hydrogen-bond acceptors (Lipinski definition) is 3. The Labute approximate surface area is 54.6 Å². The van der Waals surface area contributed by atoms with Crippen molar-refractivity contribution in [3.8, 4) is 0 Å². The number of hydrazine groups is 1. The first-order valence-corrected chi connectivity index (χ1v) is 3.27. The van der Waals surface area contributed by atoms with E-state index in [0.717, 1.165) is 32.0 Å². The second kappa shape index (κ2) is 2.45. The van der Waals surface area contributed by atoms with Gasteiger partial charge in [-0.1, -0.05) is 12.8 Å². The van der Waals surface area contributed by atoms with Crippen LogP contribution in [0.1, 0.15) is 25.7 Å². The fourth-order valence-electron chi connectivity index (χ4n) is 1.30. The van der Waals surface area contributed by atoms with E-state index >= 15 is 0 Å². The number of nitrogens with two attached hydrogens (primary N) is 1. The first-order valence-electron chi connectivity index (χ1n) is 3.27. The molecule has 1 rings (SSSR count). The quantitative estimate of drug-likeness (QED) is 0.312. The Morgan fingerprint density at radius 1 is 1.44 bits per heavy atom. The van der Waals surface area contributed by atoms with Crippen LogP contribution >= 0.6 is 0 Å². The standard InChI is InChI=1S/C6H12N2O/c7-8-6(5-9)3-1-2-4-6/h5,8H,1-4,7H2. The van der Waals surface area contributed by atoms with Gasteiger partial charge in [0.2, 0.25) is 0 Å². The first kappa shape index (κ1) is 6.71. The molecule has 0 aromatic rings. The lowest BCUT2D eigenvalue weighted by Crippen LogP contribution is -2.48. The largest absolute Gasteiger partial charge is 0.301 e. The summed E-state index contributed by atoms with van der Waals surface area (Å²) in [5.74, 6) is 5.20. The van der Waals surface area contributed by atoms with Crippen molar-refractivity contribution < 1.29 is 4.79 Å². The van der Waals surface area contributed by atoms with Crippen molar-refractivity contribution in [2.45, 2.75) is 31.2 Å². The molecule has 0 aromatic heterocycles. The van der Waals surface area contributed by atoms with E-state index in [4.69, 9.17) is 5.84 Å². The van der Waals surface area contributed by atoms with Gasteiger partial charge in [-0.15, -0.1) is 0 Å². The lowest BCUT2D eigenvalue weighted by Gasteiger charge is -2.19. The second-order valence-corrected chi connectivity index (χ2v) is 2.63. The molecule has 0 atom stereocenters. The third-order valence-corrected chi connectivity index (χ3v) is 2.01. The molecule has 0 aromatic carbocycles. The molecule has 0 amide bonds. The number of rotatable bonds is 2. The maximum Gasteiger partial charge on any atom is 0.141 e. The van der Waals surface area contributed by atoms with Crippen molar-refractivity contribution in [1.29, 1.82) is 0 Å². The van der Waals surface area contributed by atoms with E-state index in [0.29, 0.717) is 0 Å². The van der Waals surface area contributed by atoms with Crippen molar-refractivity contribution in [2.75, 3.05) is 0 Å². The van der Waals surface area contributed by atoms with Crippen LogP contribution in [-0.4, -0.2) is 11.8 Å². The molecular formula is C6H12N2O. The molecule has 1 aliphatic carbocycles. The van der Waals surface area contributed by atoms with E-state index in [1.807, 2.05) is 0 Å². The van der Waals surface area contributed by atoms with Gasteiger partial charge in [0.1, 0.15) is 6.29 Å². The maximum atomic E-state index is 10.4. The zero-order valence-corrected chi connectivity index (χ0v) is 5.39. The Hall–Kier alpha value is -0.410. The van der Waals surface area contributed by atoms with Crippen LogP contribution in [0.2, 0.25) is 0 Å². The summed E-state index contributed by atoms with van der Waals surface area (Å²) in [4.78, 5) is 10.4. The lowest BCUT2D eigenvalue weighted by molar-refractivity contribution is -0.113. The highest BCUT2D eigenvalue weighted by Crippen LogP contribution is 2.26. The molecule has 9 heavy (non-hydrogen) atoms. The molecule has 0 bridgehead atoms. The van der Waals surface area contributed by atoms with E-state index in [9.17, 15) is 4.79 Å². The number of nitrogens with one attached hydrogen (secondary N) is 1. The van der Waals surface area contributed by atoms with E-state index < -0.39 is 0 Å². The third-order valence-electron chi connectivity index (χ3n) is 2.01. The summed E-state index contributed by atoms with van der Waals surface area (Å²) in [5, 5.41) is 0. The predicted molar refractivity (Wildman–Crippen MR) is 34.6 cm³/mol. The average Bonchev–Trinajstić information content (AvgIpc) is 2.36. The summed E-state index contributed by atoms with van der Waals surface area (Å²) in [5.41, 5.74) is 2.18. The second-order valence-electron chi connectivity index (χ2n) is 2.63. The van der Waals surface area contributed by atoms with E-state index in [2.05, 4.69) is 5.43 Å². The molecule has 1 fully saturated rings. The topological polar surface area (TPSA) is 55.1 Å². The Morgan fingerprint density at radius 2 is 2.00 bits per heavy atom. The van der Waals surface area contributed by atoms with Gasteiger partial charge in [-0.25, -0.2) is 5.43 Å². The SMILES string of the molecule is NNC1(C=O)CCCC1. The smallest absolute Gasteiger partial charge is 0.141 e. The van der Waals surface area contributed by atoms with Crippen molar-refractivity contribution in [1.82, 2.24) is 5.43 Å². The number of hydrogen-bond donors (Lipinski definition) is 2. The summed E-state index contributed by atoms with van der Waals surface area (Å²) in [6.07, 6.45) is 4.95. The fourth-order valence-corrected chi connectivity index (χ4v) is 1.30. The number of carbonyl (C=O) groups is 1. The Kier molecular flexibility index (Phi) is 1.83. The van der Waals surface area contributed by atoms with E-state index in [1.165, 1.54) is 0 Å². The van der Waals surface area contributed by atoms with Crippen LogP contribution in [0.25, 0.3) is 0 Å². The van der Waals surface area contributed by atoms with Crippen LogP contribution in [0, 0.1) is 0 Å². The highest BCUT2D eigenvalue weighted by Gasteiger charge is 2.31. The summed E-state index contributed by atoms with van der Waals surface area (Å²) in [7, 11) is 0. The number of carbonyl (C=O) groups excluding carboxylic acids is 1. The van der Waals surface area contributed by atoms with Gasteiger partial charge < -0.3 is 4.79 Å². The highest BCUT2D eigenvalue weighted by molar-refractivity contribution is 5.64. The van der Waals surface area contributed by atoms with Gasteiger partial charge in [-0.05, 0) is 12.8 Å². The normalized spacial score (nSPS) is 24.1. The lowest BCUT2D eigenvalue weighted by atomic mass is 10.0. The number of aldehydes is 1. The van der Waals surface area contributed by atoms with Gasteiger partial charge in [0.15, 0.2) is 0 Å². The van der Waals surface area contributed by atoms with Crippen LogP contribution in [0.5, 0.6) is 0 Å². The van der Waals surface area contributed by atoms with Gasteiger partial charge >= 0.3 is 0 Å².